The Morgan fingerprint density at radius 2 is 1.93 bits per heavy atom. The summed E-state index contributed by atoms with van der Waals surface area (Å²) in [6.45, 7) is 3.78. The van der Waals surface area contributed by atoms with Crippen LogP contribution in [0.1, 0.15) is 13.8 Å². The fraction of sp³-hybridized carbons (Fsp3) is 0.400. The maximum absolute atomic E-state index is 11.3. The highest BCUT2D eigenvalue weighted by atomic mass is 79.9. The van der Waals surface area contributed by atoms with Crippen LogP contribution in [0.3, 0.4) is 0 Å². The van der Waals surface area contributed by atoms with Crippen LogP contribution >= 0.6 is 15.9 Å². The molecule has 0 saturated heterocycles. The summed E-state index contributed by atoms with van der Waals surface area (Å²) in [5.74, 6) is 0.549. The first-order valence-electron chi connectivity index (χ1n) is 4.47. The third-order valence-electron chi connectivity index (χ3n) is 1.69. The van der Waals surface area contributed by atoms with Crippen molar-refractivity contribution in [2.45, 2.75) is 24.8 Å². The van der Waals surface area contributed by atoms with Crippen LogP contribution in [0.15, 0.2) is 27.6 Å². The van der Waals surface area contributed by atoms with Gasteiger partial charge in [-0.15, -0.1) is 0 Å². The molecule has 0 aliphatic carbocycles. The molecule has 1 aromatic carbocycles. The van der Waals surface area contributed by atoms with Crippen molar-refractivity contribution in [3.63, 3.8) is 0 Å². The molecule has 0 spiro atoms. The van der Waals surface area contributed by atoms with Crippen molar-refractivity contribution < 1.29 is 13.2 Å². The summed E-state index contributed by atoms with van der Waals surface area (Å²) in [5.41, 5.74) is 0. The topological polar surface area (TPSA) is 43.4 Å². The third kappa shape index (κ3) is 3.50. The van der Waals surface area contributed by atoms with Crippen LogP contribution in [0, 0.1) is 0 Å². The minimum absolute atomic E-state index is 0.0103. The van der Waals surface area contributed by atoms with E-state index in [-0.39, 0.29) is 11.0 Å². The molecule has 84 valence electrons. The van der Waals surface area contributed by atoms with Crippen molar-refractivity contribution in [1.82, 2.24) is 0 Å². The maximum atomic E-state index is 11.3. The smallest absolute Gasteiger partial charge is 0.175 e. The summed E-state index contributed by atoms with van der Waals surface area (Å²) in [6, 6.07) is 4.75. The second kappa shape index (κ2) is 4.53. The number of hydrogen-bond donors (Lipinski definition) is 0. The molecule has 1 rings (SSSR count). The Kier molecular flexibility index (Phi) is 3.78. The zero-order valence-electron chi connectivity index (χ0n) is 8.82. The Bertz CT molecular complexity index is 452. The van der Waals surface area contributed by atoms with Gasteiger partial charge in [-0.1, -0.05) is 0 Å². The molecule has 0 heterocycles. The average Bonchev–Trinajstić information content (AvgIpc) is 2.06. The van der Waals surface area contributed by atoms with E-state index in [2.05, 4.69) is 15.9 Å². The van der Waals surface area contributed by atoms with Gasteiger partial charge < -0.3 is 4.74 Å². The highest BCUT2D eigenvalue weighted by Crippen LogP contribution is 2.28. The van der Waals surface area contributed by atoms with E-state index in [1.807, 2.05) is 13.8 Å². The molecule has 0 amide bonds. The van der Waals surface area contributed by atoms with Crippen molar-refractivity contribution in [3.8, 4) is 5.75 Å². The normalized spacial score (nSPS) is 11.8. The Morgan fingerprint density at radius 1 is 1.33 bits per heavy atom. The number of ether oxygens (including phenoxy) is 1. The predicted molar refractivity (Wildman–Crippen MR) is 63.0 cm³/mol. The van der Waals surface area contributed by atoms with Gasteiger partial charge in [-0.2, -0.15) is 0 Å². The van der Waals surface area contributed by atoms with E-state index in [4.69, 9.17) is 4.74 Å². The van der Waals surface area contributed by atoms with Gasteiger partial charge in [0.15, 0.2) is 9.84 Å². The molecule has 0 N–H and O–H groups in total. The molecule has 3 nitrogen and oxygen atoms in total. The van der Waals surface area contributed by atoms with Crippen molar-refractivity contribution in [2.75, 3.05) is 6.26 Å². The monoisotopic (exact) mass is 292 g/mol. The second-order valence-electron chi connectivity index (χ2n) is 3.53. The molecule has 0 radical (unpaired) electrons. The van der Waals surface area contributed by atoms with Crippen LogP contribution in [0.5, 0.6) is 5.75 Å². The van der Waals surface area contributed by atoms with Crippen LogP contribution in [0.25, 0.3) is 0 Å². The first-order chi connectivity index (χ1) is 6.80. The van der Waals surface area contributed by atoms with E-state index < -0.39 is 9.84 Å². The molecule has 0 aliphatic rings. The summed E-state index contributed by atoms with van der Waals surface area (Å²) in [4.78, 5) is 0.265. The van der Waals surface area contributed by atoms with Gasteiger partial charge in [-0.05, 0) is 48.0 Å². The lowest BCUT2D eigenvalue weighted by Gasteiger charge is -2.12. The molecule has 0 atom stereocenters. The minimum Gasteiger partial charge on any atom is -0.490 e. The zero-order chi connectivity index (χ0) is 11.6. The molecule has 0 fully saturated rings. The van der Waals surface area contributed by atoms with E-state index in [0.29, 0.717) is 5.75 Å². The summed E-state index contributed by atoms with van der Waals surface area (Å²) in [5, 5.41) is 0. The molecular weight excluding hydrogens is 280 g/mol. The number of rotatable bonds is 3. The van der Waals surface area contributed by atoms with Gasteiger partial charge in [0.1, 0.15) is 5.75 Å². The fourth-order valence-electron chi connectivity index (χ4n) is 1.06. The molecule has 0 aliphatic heterocycles. The van der Waals surface area contributed by atoms with E-state index in [1.54, 1.807) is 12.1 Å². The minimum atomic E-state index is -3.18. The van der Waals surface area contributed by atoms with Gasteiger partial charge >= 0.3 is 0 Å². The molecule has 0 saturated carbocycles. The first-order valence-corrected chi connectivity index (χ1v) is 7.15. The van der Waals surface area contributed by atoms with Gasteiger partial charge in [-0.3, -0.25) is 0 Å². The van der Waals surface area contributed by atoms with Crippen LogP contribution in [-0.4, -0.2) is 20.8 Å². The molecule has 5 heteroatoms. The zero-order valence-corrected chi connectivity index (χ0v) is 11.2. The quantitative estimate of drug-likeness (QED) is 0.860. The highest BCUT2D eigenvalue weighted by molar-refractivity contribution is 9.10. The van der Waals surface area contributed by atoms with Crippen molar-refractivity contribution in [3.05, 3.63) is 22.7 Å². The largest absolute Gasteiger partial charge is 0.490 e. The lowest BCUT2D eigenvalue weighted by molar-refractivity contribution is 0.240. The Labute approximate surface area is 98.5 Å². The van der Waals surface area contributed by atoms with E-state index in [0.717, 1.165) is 4.47 Å². The van der Waals surface area contributed by atoms with Gasteiger partial charge in [0.25, 0.3) is 0 Å². The maximum Gasteiger partial charge on any atom is 0.175 e. The van der Waals surface area contributed by atoms with Crippen LogP contribution < -0.4 is 4.74 Å². The molecule has 0 unspecified atom stereocenters. The number of hydrogen-bond acceptors (Lipinski definition) is 3. The molecular formula is C10H13BrO3S. The van der Waals surface area contributed by atoms with Crippen molar-refractivity contribution >= 4 is 25.8 Å². The van der Waals surface area contributed by atoms with Gasteiger partial charge in [-0.25, -0.2) is 8.42 Å². The van der Waals surface area contributed by atoms with Crippen molar-refractivity contribution in [1.29, 1.82) is 0 Å². The Balaban J connectivity index is 3.17. The number of halogens is 1. The standard InChI is InChI=1S/C10H13BrO3S/c1-7(2)14-10-6-8(15(3,12)13)4-5-9(10)11/h4-7H,1-3H3. The van der Waals surface area contributed by atoms with Crippen LogP contribution in [-0.2, 0) is 9.84 Å². The Morgan fingerprint density at radius 3 is 2.40 bits per heavy atom. The molecule has 0 aromatic heterocycles. The Hall–Kier alpha value is -0.550. The van der Waals surface area contributed by atoms with Crippen molar-refractivity contribution in [2.24, 2.45) is 0 Å². The lowest BCUT2D eigenvalue weighted by atomic mass is 10.3. The van der Waals surface area contributed by atoms with E-state index in [1.165, 1.54) is 12.3 Å². The summed E-state index contributed by atoms with van der Waals surface area (Å²) < 4.78 is 28.8. The summed E-state index contributed by atoms with van der Waals surface area (Å²) in [6.07, 6.45) is 1.19. The summed E-state index contributed by atoms with van der Waals surface area (Å²) >= 11 is 3.31. The summed E-state index contributed by atoms with van der Waals surface area (Å²) in [7, 11) is -3.18. The van der Waals surface area contributed by atoms with E-state index >= 15 is 0 Å². The number of benzene rings is 1. The third-order valence-corrected chi connectivity index (χ3v) is 3.46. The number of sulfone groups is 1. The second-order valence-corrected chi connectivity index (χ2v) is 6.40. The SMILES string of the molecule is CC(C)Oc1cc(S(C)(=O)=O)ccc1Br. The lowest BCUT2D eigenvalue weighted by Crippen LogP contribution is -2.07. The predicted octanol–water partition coefficient (Wildman–Crippen LogP) is 2.64. The fourth-order valence-corrected chi connectivity index (χ4v) is 2.04. The van der Waals surface area contributed by atoms with E-state index in [9.17, 15) is 8.42 Å². The van der Waals surface area contributed by atoms with Gasteiger partial charge in [0.05, 0.1) is 15.5 Å². The molecule has 15 heavy (non-hydrogen) atoms. The molecule has 0 bridgehead atoms. The first kappa shape index (κ1) is 12.5. The van der Waals surface area contributed by atoms with Crippen LogP contribution in [0.2, 0.25) is 0 Å². The van der Waals surface area contributed by atoms with Gasteiger partial charge in [0, 0.05) is 6.26 Å². The highest BCUT2D eigenvalue weighted by Gasteiger charge is 2.11. The molecule has 1 aromatic rings. The van der Waals surface area contributed by atoms with Crippen LogP contribution in [0.4, 0.5) is 0 Å². The van der Waals surface area contributed by atoms with Gasteiger partial charge in [0.2, 0.25) is 0 Å². The average molecular weight is 293 g/mol.